The molecular formula is C19H20O7. The van der Waals surface area contributed by atoms with Crippen LogP contribution in [0.3, 0.4) is 0 Å². The number of benzene rings is 2. The second-order valence-corrected chi connectivity index (χ2v) is 5.64. The highest BCUT2D eigenvalue weighted by molar-refractivity contribution is 6.04. The third-order valence-electron chi connectivity index (χ3n) is 4.30. The number of carbonyl (C=O) groups excluding carboxylic acids is 1. The lowest BCUT2D eigenvalue weighted by Crippen LogP contribution is -2.36. The second-order valence-electron chi connectivity index (χ2n) is 5.64. The van der Waals surface area contributed by atoms with E-state index in [1.54, 1.807) is 30.3 Å². The SMILES string of the molecule is COc1ccc([C@@H]2Oc3c(ccc(OC)c3OC)C(=O)[C@H]2O)cc1OC. The smallest absolute Gasteiger partial charge is 0.204 e. The van der Waals surface area contributed by atoms with E-state index in [-0.39, 0.29) is 11.3 Å². The number of fused-ring (bicyclic) bond motifs is 1. The van der Waals surface area contributed by atoms with E-state index in [0.717, 1.165) is 0 Å². The van der Waals surface area contributed by atoms with Gasteiger partial charge in [-0.3, -0.25) is 4.79 Å². The maximum Gasteiger partial charge on any atom is 0.204 e. The monoisotopic (exact) mass is 360 g/mol. The third kappa shape index (κ3) is 2.80. The Labute approximate surface area is 151 Å². The van der Waals surface area contributed by atoms with Gasteiger partial charge in [0, 0.05) is 0 Å². The Morgan fingerprint density at radius 2 is 1.54 bits per heavy atom. The maximum atomic E-state index is 12.7. The molecule has 1 heterocycles. The highest BCUT2D eigenvalue weighted by Gasteiger charge is 2.39. The summed E-state index contributed by atoms with van der Waals surface area (Å²) < 4.78 is 27.1. The van der Waals surface area contributed by atoms with Crippen molar-refractivity contribution in [2.45, 2.75) is 12.2 Å². The summed E-state index contributed by atoms with van der Waals surface area (Å²) in [7, 11) is 5.99. The van der Waals surface area contributed by atoms with Crippen molar-refractivity contribution in [3.05, 3.63) is 41.5 Å². The van der Waals surface area contributed by atoms with Crippen LogP contribution in [0.2, 0.25) is 0 Å². The van der Waals surface area contributed by atoms with Crippen LogP contribution in [0.5, 0.6) is 28.7 Å². The fraction of sp³-hybridized carbons (Fsp3) is 0.316. The summed E-state index contributed by atoms with van der Waals surface area (Å²) in [5, 5.41) is 10.5. The van der Waals surface area contributed by atoms with Crippen LogP contribution in [0.4, 0.5) is 0 Å². The van der Waals surface area contributed by atoms with Gasteiger partial charge in [-0.25, -0.2) is 0 Å². The lowest BCUT2D eigenvalue weighted by Gasteiger charge is -2.31. The van der Waals surface area contributed by atoms with E-state index in [1.165, 1.54) is 28.4 Å². The van der Waals surface area contributed by atoms with Gasteiger partial charge in [-0.2, -0.15) is 0 Å². The molecule has 2 aromatic rings. The van der Waals surface area contributed by atoms with Crippen LogP contribution in [0.1, 0.15) is 22.0 Å². The van der Waals surface area contributed by atoms with E-state index in [1.807, 2.05) is 0 Å². The molecule has 1 aliphatic rings. The quantitative estimate of drug-likeness (QED) is 0.876. The maximum absolute atomic E-state index is 12.7. The first-order valence-corrected chi connectivity index (χ1v) is 7.91. The molecule has 0 aliphatic carbocycles. The van der Waals surface area contributed by atoms with Crippen LogP contribution in [-0.4, -0.2) is 45.4 Å². The Bertz CT molecular complexity index is 831. The summed E-state index contributed by atoms with van der Waals surface area (Å²) in [6.07, 6.45) is -2.28. The van der Waals surface area contributed by atoms with Crippen molar-refractivity contribution in [3.8, 4) is 28.7 Å². The van der Waals surface area contributed by atoms with Crippen molar-refractivity contribution in [3.63, 3.8) is 0 Å². The average molecular weight is 360 g/mol. The minimum absolute atomic E-state index is 0.238. The van der Waals surface area contributed by atoms with Crippen molar-refractivity contribution in [1.82, 2.24) is 0 Å². The first-order chi connectivity index (χ1) is 12.5. The normalized spacial score (nSPS) is 18.6. The molecule has 7 heteroatoms. The standard InChI is InChI=1S/C19H20O7/c1-22-12-7-5-10(9-14(12)24-3)17-16(21)15(20)11-6-8-13(23-2)19(25-4)18(11)26-17/h5-9,16-17,21H,1-4H3/t16-,17+/m1/s1. The number of aliphatic hydroxyl groups is 1. The number of ether oxygens (including phenoxy) is 5. The van der Waals surface area contributed by atoms with Crippen LogP contribution in [0.25, 0.3) is 0 Å². The molecule has 0 fully saturated rings. The molecule has 0 saturated heterocycles. The minimum Gasteiger partial charge on any atom is -0.493 e. The predicted octanol–water partition coefficient (Wildman–Crippen LogP) is 2.40. The number of rotatable bonds is 5. The van der Waals surface area contributed by atoms with Crippen LogP contribution < -0.4 is 23.7 Å². The Morgan fingerprint density at radius 3 is 2.15 bits per heavy atom. The molecular weight excluding hydrogens is 340 g/mol. The van der Waals surface area contributed by atoms with Gasteiger partial charge in [-0.15, -0.1) is 0 Å². The summed E-state index contributed by atoms with van der Waals surface area (Å²) in [6, 6.07) is 8.21. The van der Waals surface area contributed by atoms with E-state index < -0.39 is 18.0 Å². The number of ketones is 1. The van der Waals surface area contributed by atoms with Crippen molar-refractivity contribution in [1.29, 1.82) is 0 Å². The Morgan fingerprint density at radius 1 is 0.885 bits per heavy atom. The molecule has 26 heavy (non-hydrogen) atoms. The van der Waals surface area contributed by atoms with Crippen LogP contribution in [0.15, 0.2) is 30.3 Å². The van der Waals surface area contributed by atoms with Gasteiger partial charge in [-0.05, 0) is 29.8 Å². The molecule has 0 bridgehead atoms. The van der Waals surface area contributed by atoms with Gasteiger partial charge in [-0.1, -0.05) is 6.07 Å². The molecule has 3 rings (SSSR count). The van der Waals surface area contributed by atoms with Crippen molar-refractivity contribution in [2.75, 3.05) is 28.4 Å². The van der Waals surface area contributed by atoms with E-state index in [4.69, 9.17) is 23.7 Å². The molecule has 0 saturated carbocycles. The van der Waals surface area contributed by atoms with E-state index in [9.17, 15) is 9.90 Å². The van der Waals surface area contributed by atoms with Crippen LogP contribution in [-0.2, 0) is 0 Å². The summed E-state index contributed by atoms with van der Waals surface area (Å²) in [4.78, 5) is 12.7. The lowest BCUT2D eigenvalue weighted by molar-refractivity contribution is 0.0202. The van der Waals surface area contributed by atoms with Gasteiger partial charge >= 0.3 is 0 Å². The van der Waals surface area contributed by atoms with E-state index in [2.05, 4.69) is 0 Å². The number of hydrogen-bond donors (Lipinski definition) is 1. The van der Waals surface area contributed by atoms with Gasteiger partial charge in [0.25, 0.3) is 0 Å². The molecule has 2 atom stereocenters. The predicted molar refractivity (Wildman–Crippen MR) is 92.8 cm³/mol. The zero-order valence-electron chi connectivity index (χ0n) is 14.9. The number of carbonyl (C=O) groups is 1. The molecule has 1 N–H and O–H groups in total. The van der Waals surface area contributed by atoms with Crippen molar-refractivity contribution < 1.29 is 33.6 Å². The molecule has 0 aromatic heterocycles. The number of methoxy groups -OCH3 is 4. The summed E-state index contributed by atoms with van der Waals surface area (Å²) >= 11 is 0. The Balaban J connectivity index is 2.08. The van der Waals surface area contributed by atoms with Gasteiger partial charge in [0.05, 0.1) is 34.0 Å². The van der Waals surface area contributed by atoms with Gasteiger partial charge in [0.15, 0.2) is 41.0 Å². The summed E-state index contributed by atoms with van der Waals surface area (Å²) in [5.74, 6) is 1.52. The van der Waals surface area contributed by atoms with Gasteiger partial charge in [0.2, 0.25) is 5.75 Å². The highest BCUT2D eigenvalue weighted by Crippen LogP contribution is 2.46. The second kappa shape index (κ2) is 7.13. The Kier molecular flexibility index (Phi) is 4.90. The molecule has 1 aliphatic heterocycles. The average Bonchev–Trinajstić information content (AvgIpc) is 2.68. The summed E-state index contributed by atoms with van der Waals surface area (Å²) in [6.45, 7) is 0. The molecule has 0 unspecified atom stereocenters. The zero-order chi connectivity index (χ0) is 18.8. The largest absolute Gasteiger partial charge is 0.493 e. The van der Waals surface area contributed by atoms with Crippen LogP contribution in [0, 0.1) is 0 Å². The highest BCUT2D eigenvalue weighted by atomic mass is 16.5. The topological polar surface area (TPSA) is 83.5 Å². The summed E-state index contributed by atoms with van der Waals surface area (Å²) in [5.41, 5.74) is 0.811. The number of aliphatic hydroxyl groups excluding tert-OH is 1. The van der Waals surface area contributed by atoms with Crippen molar-refractivity contribution in [2.24, 2.45) is 0 Å². The molecule has 0 spiro atoms. The van der Waals surface area contributed by atoms with E-state index >= 15 is 0 Å². The van der Waals surface area contributed by atoms with Crippen molar-refractivity contribution >= 4 is 5.78 Å². The first kappa shape index (κ1) is 17.9. The van der Waals surface area contributed by atoms with Crippen LogP contribution >= 0.6 is 0 Å². The van der Waals surface area contributed by atoms with E-state index in [0.29, 0.717) is 28.6 Å². The van der Waals surface area contributed by atoms with Gasteiger partial charge < -0.3 is 28.8 Å². The number of hydrogen-bond acceptors (Lipinski definition) is 7. The number of Topliss-reactive ketones (excluding diaryl/α,β-unsaturated/α-hetero) is 1. The lowest BCUT2D eigenvalue weighted by atomic mass is 9.93. The van der Waals surface area contributed by atoms with Gasteiger partial charge in [0.1, 0.15) is 0 Å². The Hall–Kier alpha value is -2.93. The third-order valence-corrected chi connectivity index (χ3v) is 4.30. The molecule has 138 valence electrons. The first-order valence-electron chi connectivity index (χ1n) is 7.91. The molecule has 0 radical (unpaired) electrons. The molecule has 2 aromatic carbocycles. The fourth-order valence-corrected chi connectivity index (χ4v) is 2.98. The molecule has 7 nitrogen and oxygen atoms in total. The minimum atomic E-state index is -1.36. The zero-order valence-corrected chi connectivity index (χ0v) is 14.9. The fourth-order valence-electron chi connectivity index (χ4n) is 2.98. The molecule has 0 amide bonds.